The molecule has 8 heteroatoms. The number of thiophene rings is 1. The maximum absolute atomic E-state index is 11.1. The summed E-state index contributed by atoms with van der Waals surface area (Å²) in [6.45, 7) is 1.94. The number of hydrazone groups is 1. The molecule has 0 saturated heterocycles. The molecule has 2 aliphatic heterocycles. The molecule has 0 radical (unpaired) electrons. The van der Waals surface area contributed by atoms with Gasteiger partial charge >= 0.3 is 0 Å². The summed E-state index contributed by atoms with van der Waals surface area (Å²) >= 11 is 7.92. The molecule has 146 valence electrons. The van der Waals surface area contributed by atoms with Crippen LogP contribution in [-0.4, -0.2) is 15.6 Å². The summed E-state index contributed by atoms with van der Waals surface area (Å²) in [4.78, 5) is 11.8. The minimum absolute atomic E-state index is 0.0326. The normalized spacial score (nSPS) is 22.5. The molecule has 2 atom stereocenters. The first-order valence-electron chi connectivity index (χ1n) is 9.10. The molecule has 1 aromatic heterocycles. The van der Waals surface area contributed by atoms with Crippen LogP contribution < -0.4 is 4.74 Å². The van der Waals surface area contributed by atoms with Crippen molar-refractivity contribution in [3.8, 4) is 5.75 Å². The van der Waals surface area contributed by atoms with Gasteiger partial charge in [0.15, 0.2) is 0 Å². The Morgan fingerprint density at radius 3 is 2.76 bits per heavy atom. The first-order valence-corrected chi connectivity index (χ1v) is 10.4. The van der Waals surface area contributed by atoms with Gasteiger partial charge < -0.3 is 4.74 Å². The van der Waals surface area contributed by atoms with Crippen LogP contribution in [0, 0.1) is 10.1 Å². The molecule has 29 heavy (non-hydrogen) atoms. The van der Waals surface area contributed by atoms with Crippen molar-refractivity contribution in [3.63, 3.8) is 0 Å². The van der Waals surface area contributed by atoms with Gasteiger partial charge in [0.05, 0.1) is 21.6 Å². The molecular weight excluding hydrogens is 410 g/mol. The van der Waals surface area contributed by atoms with E-state index in [9.17, 15) is 10.1 Å². The fraction of sp³-hybridized carbons (Fsp3) is 0.190. The fourth-order valence-electron chi connectivity index (χ4n) is 3.95. The van der Waals surface area contributed by atoms with E-state index in [1.165, 1.54) is 12.1 Å². The number of halogens is 1. The Hall–Kier alpha value is -2.90. The average molecular weight is 426 g/mol. The van der Waals surface area contributed by atoms with Gasteiger partial charge in [-0.05, 0) is 41.8 Å². The second-order valence-electron chi connectivity index (χ2n) is 7.16. The molecule has 0 amide bonds. The summed E-state index contributed by atoms with van der Waals surface area (Å²) in [7, 11) is 0. The Morgan fingerprint density at radius 1 is 1.28 bits per heavy atom. The van der Waals surface area contributed by atoms with Gasteiger partial charge in [-0.25, -0.2) is 5.01 Å². The van der Waals surface area contributed by atoms with Crippen molar-refractivity contribution < 1.29 is 9.66 Å². The van der Waals surface area contributed by atoms with Gasteiger partial charge in [-0.2, -0.15) is 5.10 Å². The largest absolute Gasteiger partial charge is 0.462 e. The predicted octanol–water partition coefficient (Wildman–Crippen LogP) is 5.73. The van der Waals surface area contributed by atoms with Crippen LogP contribution in [0.15, 0.2) is 65.1 Å². The fourth-order valence-corrected chi connectivity index (χ4v) is 4.86. The number of non-ortho nitro benzene ring substituents is 1. The van der Waals surface area contributed by atoms with Gasteiger partial charge in [0, 0.05) is 41.6 Å². The molecule has 0 saturated carbocycles. The lowest BCUT2D eigenvalue weighted by atomic mass is 9.93. The van der Waals surface area contributed by atoms with E-state index < -0.39 is 10.6 Å². The number of nitrogens with zero attached hydrogens (tertiary/aromatic N) is 3. The van der Waals surface area contributed by atoms with E-state index in [4.69, 9.17) is 21.4 Å². The Bertz CT molecular complexity index is 1130. The highest BCUT2D eigenvalue weighted by atomic mass is 35.5. The van der Waals surface area contributed by atoms with Crippen molar-refractivity contribution in [2.24, 2.45) is 5.10 Å². The maximum atomic E-state index is 11.1. The number of nitro groups is 1. The van der Waals surface area contributed by atoms with Crippen LogP contribution in [0.4, 0.5) is 5.69 Å². The molecule has 2 aromatic carbocycles. The van der Waals surface area contributed by atoms with Gasteiger partial charge in [-0.15, -0.1) is 11.3 Å². The molecule has 0 unspecified atom stereocenters. The smallest absolute Gasteiger partial charge is 0.269 e. The van der Waals surface area contributed by atoms with E-state index in [1.807, 2.05) is 41.6 Å². The Kier molecular flexibility index (Phi) is 4.11. The standard InChI is InChI=1S/C21H16ClN3O3S/c1-21(13-4-7-15(8-5-13)25(26)27)24-18(12-17(23-24)20-3-2-10-29-20)16-11-14(22)6-9-19(16)28-21/h2-11,18H,12H2,1H3/t18-,21+/m0/s1. The molecular formula is C21H16ClN3O3S. The quantitative estimate of drug-likeness (QED) is 0.397. The number of rotatable bonds is 3. The number of hydrogen-bond donors (Lipinski definition) is 0. The van der Waals surface area contributed by atoms with Crippen LogP contribution in [0.5, 0.6) is 5.75 Å². The minimum Gasteiger partial charge on any atom is -0.462 e. The van der Waals surface area contributed by atoms with E-state index in [0.29, 0.717) is 5.02 Å². The zero-order chi connectivity index (χ0) is 20.2. The first kappa shape index (κ1) is 18.1. The molecule has 0 aliphatic carbocycles. The zero-order valence-corrected chi connectivity index (χ0v) is 17.0. The van der Waals surface area contributed by atoms with Crippen LogP contribution in [0.1, 0.15) is 35.4 Å². The number of nitro benzene ring substituents is 1. The molecule has 0 fully saturated rings. The number of fused-ring (bicyclic) bond motifs is 3. The van der Waals surface area contributed by atoms with Gasteiger partial charge in [0.1, 0.15) is 5.75 Å². The summed E-state index contributed by atoms with van der Waals surface area (Å²) < 4.78 is 6.43. The predicted molar refractivity (Wildman–Crippen MR) is 113 cm³/mol. The summed E-state index contributed by atoms with van der Waals surface area (Å²) in [5.74, 6) is 0.749. The van der Waals surface area contributed by atoms with E-state index in [2.05, 4.69) is 6.07 Å². The van der Waals surface area contributed by atoms with Crippen molar-refractivity contribution in [1.29, 1.82) is 0 Å². The van der Waals surface area contributed by atoms with Crippen molar-refractivity contribution in [1.82, 2.24) is 5.01 Å². The monoisotopic (exact) mass is 425 g/mol. The number of benzene rings is 2. The van der Waals surface area contributed by atoms with Crippen LogP contribution in [-0.2, 0) is 5.72 Å². The molecule has 0 spiro atoms. The summed E-state index contributed by atoms with van der Waals surface area (Å²) in [6, 6.07) is 16.1. The van der Waals surface area contributed by atoms with Crippen molar-refractivity contribution in [2.45, 2.75) is 25.1 Å². The molecule has 3 aromatic rings. The third-order valence-corrected chi connectivity index (χ3v) is 6.56. The third-order valence-electron chi connectivity index (χ3n) is 5.41. The molecule has 2 aliphatic rings. The minimum atomic E-state index is -0.903. The molecule has 3 heterocycles. The van der Waals surface area contributed by atoms with Gasteiger partial charge in [0.2, 0.25) is 5.72 Å². The summed E-state index contributed by atoms with van der Waals surface area (Å²) in [5, 5.41) is 20.6. The zero-order valence-electron chi connectivity index (χ0n) is 15.4. The second-order valence-corrected chi connectivity index (χ2v) is 8.54. The first-order chi connectivity index (χ1) is 14.0. The van der Waals surface area contributed by atoms with Crippen molar-refractivity contribution in [3.05, 3.63) is 91.1 Å². The average Bonchev–Trinajstić information content (AvgIpc) is 3.39. The highest BCUT2D eigenvalue weighted by Gasteiger charge is 2.49. The van der Waals surface area contributed by atoms with E-state index in [1.54, 1.807) is 23.5 Å². The summed E-state index contributed by atoms with van der Waals surface area (Å²) in [5.41, 5.74) is 1.92. The topological polar surface area (TPSA) is 68.0 Å². The highest BCUT2D eigenvalue weighted by molar-refractivity contribution is 7.12. The Morgan fingerprint density at radius 2 is 2.07 bits per heavy atom. The van der Waals surface area contributed by atoms with Gasteiger partial charge in [-0.1, -0.05) is 17.7 Å². The third kappa shape index (κ3) is 2.89. The van der Waals surface area contributed by atoms with Crippen molar-refractivity contribution >= 4 is 34.3 Å². The SMILES string of the molecule is C[C@]1(c2ccc([N+](=O)[O-])cc2)Oc2ccc(Cl)cc2[C@@H]2CC(c3cccs3)=NN21. The molecule has 0 bridgehead atoms. The Balaban J connectivity index is 1.64. The second kappa shape index (κ2) is 6.57. The van der Waals surface area contributed by atoms with Crippen LogP contribution in [0.2, 0.25) is 5.02 Å². The molecule has 5 rings (SSSR count). The Labute approximate surface area is 176 Å². The summed E-state index contributed by atoms with van der Waals surface area (Å²) in [6.07, 6.45) is 0.736. The van der Waals surface area contributed by atoms with Crippen LogP contribution in [0.3, 0.4) is 0 Å². The van der Waals surface area contributed by atoms with Crippen LogP contribution in [0.25, 0.3) is 0 Å². The van der Waals surface area contributed by atoms with Gasteiger partial charge in [0.25, 0.3) is 5.69 Å². The lowest BCUT2D eigenvalue weighted by Gasteiger charge is -2.46. The molecule has 0 N–H and O–H groups in total. The number of hydrogen-bond acceptors (Lipinski definition) is 6. The van der Waals surface area contributed by atoms with E-state index in [-0.39, 0.29) is 11.7 Å². The van der Waals surface area contributed by atoms with Crippen LogP contribution >= 0.6 is 22.9 Å². The highest BCUT2D eigenvalue weighted by Crippen LogP contribution is 2.51. The maximum Gasteiger partial charge on any atom is 0.269 e. The van der Waals surface area contributed by atoms with Gasteiger partial charge in [-0.3, -0.25) is 10.1 Å². The lowest BCUT2D eigenvalue weighted by molar-refractivity contribution is -0.384. The lowest BCUT2D eigenvalue weighted by Crippen LogP contribution is -2.48. The number of ether oxygens (including phenoxy) is 1. The van der Waals surface area contributed by atoms with E-state index >= 15 is 0 Å². The molecule has 6 nitrogen and oxygen atoms in total. The van der Waals surface area contributed by atoms with Crippen molar-refractivity contribution in [2.75, 3.05) is 0 Å². The van der Waals surface area contributed by atoms with E-state index in [0.717, 1.165) is 33.9 Å².